The van der Waals surface area contributed by atoms with E-state index < -0.39 is 5.97 Å². The molecule has 0 bridgehead atoms. The molecule has 1 aliphatic heterocycles. The molecular formula is C14H20N2O2. The highest BCUT2D eigenvalue weighted by Gasteiger charge is 2.12. The summed E-state index contributed by atoms with van der Waals surface area (Å²) in [6.07, 6.45) is 6.27. The minimum Gasteiger partial charge on any atom is -0.478 e. The van der Waals surface area contributed by atoms with Gasteiger partial charge in [0.25, 0.3) is 0 Å². The summed E-state index contributed by atoms with van der Waals surface area (Å²) in [5, 5.41) is 8.96. The molecule has 0 amide bonds. The minimum absolute atomic E-state index is 0.186. The molecule has 0 aromatic heterocycles. The van der Waals surface area contributed by atoms with E-state index in [9.17, 15) is 4.79 Å². The summed E-state index contributed by atoms with van der Waals surface area (Å²) in [5.74, 6) is -0.966. The van der Waals surface area contributed by atoms with Crippen LogP contribution in [0.15, 0.2) is 18.2 Å². The van der Waals surface area contributed by atoms with E-state index in [4.69, 9.17) is 10.8 Å². The number of nitrogens with zero attached hydrogens (tertiary/aromatic N) is 1. The molecule has 4 heteroatoms. The van der Waals surface area contributed by atoms with Gasteiger partial charge in [0.1, 0.15) is 0 Å². The molecule has 1 aromatic rings. The maximum atomic E-state index is 10.9. The molecule has 0 spiro atoms. The van der Waals surface area contributed by atoms with Crippen LogP contribution in [0.2, 0.25) is 0 Å². The summed E-state index contributed by atoms with van der Waals surface area (Å²) >= 11 is 0. The summed E-state index contributed by atoms with van der Waals surface area (Å²) in [6, 6.07) is 5.25. The fourth-order valence-electron chi connectivity index (χ4n) is 2.45. The average Bonchev–Trinajstić information content (AvgIpc) is 2.27. The second kappa shape index (κ2) is 5.76. The minimum atomic E-state index is -0.966. The molecule has 0 aliphatic carbocycles. The Morgan fingerprint density at radius 3 is 2.28 bits per heavy atom. The number of hydrogen-bond donors (Lipinski definition) is 2. The summed E-state index contributed by atoms with van der Waals surface area (Å²) in [4.78, 5) is 13.2. The van der Waals surface area contributed by atoms with Crippen molar-refractivity contribution in [3.8, 4) is 0 Å². The zero-order valence-electron chi connectivity index (χ0n) is 10.6. The normalized spacial score (nSPS) is 17.0. The molecule has 4 nitrogen and oxygen atoms in total. The molecule has 98 valence electrons. The van der Waals surface area contributed by atoms with Gasteiger partial charge >= 0.3 is 5.97 Å². The van der Waals surface area contributed by atoms with Crippen LogP contribution in [0.25, 0.3) is 0 Å². The maximum absolute atomic E-state index is 10.9. The van der Waals surface area contributed by atoms with Crippen molar-refractivity contribution in [3.63, 3.8) is 0 Å². The van der Waals surface area contributed by atoms with Gasteiger partial charge < -0.3 is 15.7 Å². The third-order valence-electron chi connectivity index (χ3n) is 3.49. The third-order valence-corrected chi connectivity index (χ3v) is 3.49. The smallest absolute Gasteiger partial charge is 0.337 e. The number of anilines is 2. The summed E-state index contributed by atoms with van der Waals surface area (Å²) in [5.41, 5.74) is 7.37. The molecule has 2 rings (SSSR count). The predicted octanol–water partition coefficient (Wildman–Crippen LogP) is 2.74. The largest absolute Gasteiger partial charge is 0.478 e. The number of nitrogens with two attached hydrogens (primary N) is 1. The van der Waals surface area contributed by atoms with Crippen LogP contribution >= 0.6 is 0 Å². The van der Waals surface area contributed by atoms with E-state index in [0.717, 1.165) is 18.8 Å². The number of aromatic carboxylic acids is 1. The van der Waals surface area contributed by atoms with E-state index in [1.165, 1.54) is 32.1 Å². The first kappa shape index (κ1) is 12.7. The van der Waals surface area contributed by atoms with Crippen molar-refractivity contribution >= 4 is 17.3 Å². The Kier molecular flexibility index (Phi) is 4.07. The molecule has 0 atom stereocenters. The lowest BCUT2D eigenvalue weighted by molar-refractivity contribution is 0.0698. The van der Waals surface area contributed by atoms with E-state index in [2.05, 4.69) is 4.90 Å². The molecule has 1 saturated heterocycles. The topological polar surface area (TPSA) is 66.6 Å². The fraction of sp³-hybridized carbons (Fsp3) is 0.500. The number of carboxylic acid groups (broad SMARTS) is 1. The zero-order valence-corrected chi connectivity index (χ0v) is 10.6. The first-order valence-corrected chi connectivity index (χ1v) is 6.56. The SMILES string of the molecule is Nc1cc(N2CCCCCCC2)ccc1C(=O)O. The Hall–Kier alpha value is -1.71. The van der Waals surface area contributed by atoms with Crippen LogP contribution in [-0.2, 0) is 0 Å². The van der Waals surface area contributed by atoms with Gasteiger partial charge in [-0.05, 0) is 31.0 Å². The molecule has 3 N–H and O–H groups in total. The van der Waals surface area contributed by atoms with Gasteiger partial charge in [0.15, 0.2) is 0 Å². The Balaban J connectivity index is 2.16. The van der Waals surface area contributed by atoms with Gasteiger partial charge in [-0.1, -0.05) is 19.3 Å². The van der Waals surface area contributed by atoms with E-state index >= 15 is 0 Å². The van der Waals surface area contributed by atoms with Gasteiger partial charge in [0, 0.05) is 24.5 Å². The lowest BCUT2D eigenvalue weighted by atomic mass is 10.1. The molecule has 18 heavy (non-hydrogen) atoms. The molecule has 0 saturated carbocycles. The quantitative estimate of drug-likeness (QED) is 0.790. The van der Waals surface area contributed by atoms with Crippen molar-refractivity contribution in [2.45, 2.75) is 32.1 Å². The molecule has 1 fully saturated rings. The lowest BCUT2D eigenvalue weighted by Gasteiger charge is -2.27. The zero-order chi connectivity index (χ0) is 13.0. The lowest BCUT2D eigenvalue weighted by Crippen LogP contribution is -2.27. The molecular weight excluding hydrogens is 228 g/mol. The second-order valence-electron chi connectivity index (χ2n) is 4.83. The second-order valence-corrected chi connectivity index (χ2v) is 4.83. The Labute approximate surface area is 107 Å². The molecule has 1 heterocycles. The van der Waals surface area contributed by atoms with Crippen molar-refractivity contribution < 1.29 is 9.90 Å². The van der Waals surface area contributed by atoms with Crippen LogP contribution in [0.3, 0.4) is 0 Å². The van der Waals surface area contributed by atoms with Crippen molar-refractivity contribution in [1.82, 2.24) is 0 Å². The van der Waals surface area contributed by atoms with E-state index in [1.54, 1.807) is 12.1 Å². The van der Waals surface area contributed by atoms with Gasteiger partial charge in [0.2, 0.25) is 0 Å². The Morgan fingerprint density at radius 1 is 1.11 bits per heavy atom. The van der Waals surface area contributed by atoms with E-state index in [-0.39, 0.29) is 5.56 Å². The Morgan fingerprint density at radius 2 is 1.72 bits per heavy atom. The van der Waals surface area contributed by atoms with Crippen LogP contribution < -0.4 is 10.6 Å². The van der Waals surface area contributed by atoms with Crippen LogP contribution in [0.4, 0.5) is 11.4 Å². The van der Waals surface area contributed by atoms with Gasteiger partial charge in [-0.3, -0.25) is 0 Å². The third kappa shape index (κ3) is 2.94. The number of carbonyl (C=O) groups is 1. The predicted molar refractivity (Wildman–Crippen MR) is 73.1 cm³/mol. The van der Waals surface area contributed by atoms with Crippen LogP contribution in [-0.4, -0.2) is 24.2 Å². The van der Waals surface area contributed by atoms with E-state index in [0.29, 0.717) is 5.69 Å². The molecule has 1 aliphatic rings. The summed E-state index contributed by atoms with van der Waals surface area (Å²) in [6.45, 7) is 2.07. The summed E-state index contributed by atoms with van der Waals surface area (Å²) < 4.78 is 0. The summed E-state index contributed by atoms with van der Waals surface area (Å²) in [7, 11) is 0. The van der Waals surface area contributed by atoms with Crippen molar-refractivity contribution in [3.05, 3.63) is 23.8 Å². The molecule has 1 aromatic carbocycles. The van der Waals surface area contributed by atoms with Crippen LogP contribution in [0.5, 0.6) is 0 Å². The first-order chi connectivity index (χ1) is 8.68. The maximum Gasteiger partial charge on any atom is 0.337 e. The van der Waals surface area contributed by atoms with E-state index in [1.807, 2.05) is 6.07 Å². The fourth-order valence-corrected chi connectivity index (χ4v) is 2.45. The molecule has 0 unspecified atom stereocenters. The van der Waals surface area contributed by atoms with Gasteiger partial charge in [-0.2, -0.15) is 0 Å². The highest BCUT2D eigenvalue weighted by molar-refractivity contribution is 5.94. The monoisotopic (exact) mass is 248 g/mol. The first-order valence-electron chi connectivity index (χ1n) is 6.56. The van der Waals surface area contributed by atoms with Crippen LogP contribution in [0, 0.1) is 0 Å². The molecule has 0 radical (unpaired) electrons. The Bertz CT molecular complexity index is 424. The standard InChI is InChI=1S/C14H20N2O2/c15-13-10-11(6-7-12(13)14(17)18)16-8-4-2-1-3-5-9-16/h6-7,10H,1-5,8-9,15H2,(H,17,18). The highest BCUT2D eigenvalue weighted by Crippen LogP contribution is 2.24. The van der Waals surface area contributed by atoms with Gasteiger partial charge in [-0.25, -0.2) is 4.79 Å². The number of benzene rings is 1. The van der Waals surface area contributed by atoms with Crippen LogP contribution in [0.1, 0.15) is 42.5 Å². The number of carboxylic acids is 1. The number of rotatable bonds is 2. The van der Waals surface area contributed by atoms with Gasteiger partial charge in [0.05, 0.1) is 5.56 Å². The van der Waals surface area contributed by atoms with Gasteiger partial charge in [-0.15, -0.1) is 0 Å². The van der Waals surface area contributed by atoms with Crippen molar-refractivity contribution in [2.75, 3.05) is 23.7 Å². The average molecular weight is 248 g/mol. The van der Waals surface area contributed by atoms with Crippen molar-refractivity contribution in [1.29, 1.82) is 0 Å². The van der Waals surface area contributed by atoms with Crippen molar-refractivity contribution in [2.24, 2.45) is 0 Å². The highest BCUT2D eigenvalue weighted by atomic mass is 16.4. The number of hydrogen-bond acceptors (Lipinski definition) is 3. The number of nitrogen functional groups attached to an aromatic ring is 1.